The molecule has 0 aromatic heterocycles. The fourth-order valence-electron chi connectivity index (χ4n) is 1.05. The second kappa shape index (κ2) is 4.57. The highest BCUT2D eigenvalue weighted by molar-refractivity contribution is 9.10. The summed E-state index contributed by atoms with van der Waals surface area (Å²) in [6.07, 6.45) is 0. The number of anilines is 1. The molecule has 0 saturated heterocycles. The number of hydrogen-bond acceptors (Lipinski definition) is 3. The number of hydrogen-bond donors (Lipinski definition) is 1. The zero-order valence-corrected chi connectivity index (χ0v) is 9.35. The van der Waals surface area contributed by atoms with Gasteiger partial charge in [-0.25, -0.2) is 0 Å². The van der Waals surface area contributed by atoms with E-state index < -0.39 is 6.61 Å². The van der Waals surface area contributed by atoms with Gasteiger partial charge in [0.05, 0.1) is 10.2 Å². The van der Waals surface area contributed by atoms with E-state index in [2.05, 4.69) is 20.7 Å². The van der Waals surface area contributed by atoms with Crippen molar-refractivity contribution in [1.82, 2.24) is 0 Å². The number of carbonyl (C=O) groups excluding carboxylic acids is 1. The Morgan fingerprint density at radius 2 is 2.13 bits per heavy atom. The highest BCUT2D eigenvalue weighted by Gasteiger charge is 2.14. The topological polar surface area (TPSA) is 52.3 Å². The zero-order chi connectivity index (χ0) is 11.6. The first-order chi connectivity index (χ1) is 6.93. The minimum Gasteiger partial charge on any atom is -0.433 e. The smallest absolute Gasteiger partial charge is 0.387 e. The van der Waals surface area contributed by atoms with Crippen LogP contribution in [0.3, 0.4) is 0 Å². The number of benzene rings is 1. The van der Waals surface area contributed by atoms with Crippen molar-refractivity contribution in [2.75, 3.05) is 5.73 Å². The third kappa shape index (κ3) is 2.65. The van der Waals surface area contributed by atoms with Gasteiger partial charge in [-0.3, -0.25) is 4.79 Å². The lowest BCUT2D eigenvalue weighted by Crippen LogP contribution is -2.06. The molecule has 15 heavy (non-hydrogen) atoms. The van der Waals surface area contributed by atoms with Crippen LogP contribution in [-0.2, 0) is 0 Å². The van der Waals surface area contributed by atoms with E-state index in [1.165, 1.54) is 19.1 Å². The second-order valence-corrected chi connectivity index (χ2v) is 3.57. The number of halogens is 3. The van der Waals surface area contributed by atoms with E-state index in [9.17, 15) is 13.6 Å². The Morgan fingerprint density at radius 1 is 1.53 bits per heavy atom. The summed E-state index contributed by atoms with van der Waals surface area (Å²) < 4.78 is 28.3. The molecule has 0 atom stereocenters. The monoisotopic (exact) mass is 279 g/mol. The van der Waals surface area contributed by atoms with Crippen LogP contribution in [-0.4, -0.2) is 12.4 Å². The summed E-state index contributed by atoms with van der Waals surface area (Å²) in [5.41, 5.74) is 5.83. The normalized spacial score (nSPS) is 10.5. The van der Waals surface area contributed by atoms with Crippen molar-refractivity contribution < 1.29 is 18.3 Å². The van der Waals surface area contributed by atoms with Crippen LogP contribution in [0.25, 0.3) is 0 Å². The summed E-state index contributed by atoms with van der Waals surface area (Å²) in [5, 5.41) is 0. The van der Waals surface area contributed by atoms with Gasteiger partial charge >= 0.3 is 6.61 Å². The average molecular weight is 280 g/mol. The van der Waals surface area contributed by atoms with Crippen molar-refractivity contribution in [3.63, 3.8) is 0 Å². The van der Waals surface area contributed by atoms with Gasteiger partial charge in [0.25, 0.3) is 0 Å². The number of rotatable bonds is 3. The maximum atomic E-state index is 11.9. The minimum absolute atomic E-state index is 0.0111. The first kappa shape index (κ1) is 11.9. The van der Waals surface area contributed by atoms with Crippen LogP contribution < -0.4 is 10.5 Å². The molecule has 2 N–H and O–H groups in total. The Kier molecular flexibility index (Phi) is 3.62. The van der Waals surface area contributed by atoms with Crippen LogP contribution in [0.5, 0.6) is 5.75 Å². The predicted molar refractivity (Wildman–Crippen MR) is 55.2 cm³/mol. The number of nitrogen functional groups attached to an aromatic ring is 1. The molecule has 0 spiro atoms. The van der Waals surface area contributed by atoms with Crippen LogP contribution >= 0.6 is 15.9 Å². The summed E-state index contributed by atoms with van der Waals surface area (Å²) in [5.74, 6) is -0.362. The number of ether oxygens (including phenoxy) is 1. The molecular formula is C9H8BrF2NO2. The van der Waals surface area contributed by atoms with E-state index in [1.807, 2.05) is 0 Å². The Morgan fingerprint density at radius 3 is 2.60 bits per heavy atom. The van der Waals surface area contributed by atoms with E-state index in [0.29, 0.717) is 5.56 Å². The van der Waals surface area contributed by atoms with E-state index in [0.717, 1.165) is 0 Å². The fraction of sp³-hybridized carbons (Fsp3) is 0.222. The molecule has 6 heteroatoms. The number of nitrogens with two attached hydrogens (primary N) is 1. The molecule has 0 aliphatic rings. The van der Waals surface area contributed by atoms with E-state index in [-0.39, 0.29) is 21.7 Å². The van der Waals surface area contributed by atoms with Gasteiger partial charge in [-0.05, 0) is 35.0 Å². The largest absolute Gasteiger partial charge is 0.433 e. The molecule has 1 aromatic carbocycles. The van der Waals surface area contributed by atoms with Crippen molar-refractivity contribution in [2.45, 2.75) is 13.5 Å². The lowest BCUT2D eigenvalue weighted by molar-refractivity contribution is -0.0493. The SMILES string of the molecule is CC(=O)c1ccc(OC(F)F)c(N)c1Br. The van der Waals surface area contributed by atoms with Crippen LogP contribution in [0.4, 0.5) is 14.5 Å². The minimum atomic E-state index is -2.94. The van der Waals surface area contributed by atoms with Gasteiger partial charge in [0, 0.05) is 5.56 Å². The third-order valence-corrected chi connectivity index (χ3v) is 2.59. The fourth-order valence-corrected chi connectivity index (χ4v) is 1.65. The summed E-state index contributed by atoms with van der Waals surface area (Å²) in [6, 6.07) is 2.61. The Bertz CT molecular complexity index is 396. The molecule has 0 aliphatic heterocycles. The summed E-state index contributed by atoms with van der Waals surface area (Å²) in [7, 11) is 0. The van der Waals surface area contributed by atoms with Crippen LogP contribution in [0, 0.1) is 0 Å². The lowest BCUT2D eigenvalue weighted by atomic mass is 10.1. The van der Waals surface area contributed by atoms with Gasteiger partial charge in [-0.2, -0.15) is 8.78 Å². The molecule has 0 saturated carbocycles. The molecule has 1 rings (SSSR count). The third-order valence-electron chi connectivity index (χ3n) is 1.74. The standard InChI is InChI=1S/C9H8BrF2NO2/c1-4(14)5-2-3-6(15-9(11)12)8(13)7(5)10/h2-3,9H,13H2,1H3. The Labute approximate surface area is 93.3 Å². The van der Waals surface area contributed by atoms with Gasteiger partial charge < -0.3 is 10.5 Å². The average Bonchev–Trinajstić information content (AvgIpc) is 2.12. The number of carbonyl (C=O) groups is 1. The van der Waals surface area contributed by atoms with E-state index in [4.69, 9.17) is 5.73 Å². The molecule has 0 fully saturated rings. The summed E-state index contributed by atoms with van der Waals surface area (Å²) in [4.78, 5) is 11.1. The lowest BCUT2D eigenvalue weighted by Gasteiger charge is -2.10. The maximum Gasteiger partial charge on any atom is 0.387 e. The Hall–Kier alpha value is -1.17. The van der Waals surface area contributed by atoms with Crippen molar-refractivity contribution in [3.8, 4) is 5.75 Å². The van der Waals surface area contributed by atoms with Crippen molar-refractivity contribution >= 4 is 27.4 Å². The number of ketones is 1. The molecule has 82 valence electrons. The second-order valence-electron chi connectivity index (χ2n) is 2.77. The van der Waals surface area contributed by atoms with Gasteiger partial charge in [-0.1, -0.05) is 0 Å². The van der Waals surface area contributed by atoms with Crippen molar-refractivity contribution in [3.05, 3.63) is 22.2 Å². The first-order valence-corrected chi connectivity index (χ1v) is 4.76. The van der Waals surface area contributed by atoms with Crippen LogP contribution in [0.2, 0.25) is 0 Å². The molecule has 0 bridgehead atoms. The van der Waals surface area contributed by atoms with Crippen LogP contribution in [0.1, 0.15) is 17.3 Å². The summed E-state index contributed by atoms with van der Waals surface area (Å²) >= 11 is 3.05. The van der Waals surface area contributed by atoms with Crippen molar-refractivity contribution in [2.24, 2.45) is 0 Å². The molecule has 3 nitrogen and oxygen atoms in total. The summed E-state index contributed by atoms with van der Waals surface area (Å²) in [6.45, 7) is -1.59. The molecule has 0 heterocycles. The van der Waals surface area contributed by atoms with Crippen LogP contribution in [0.15, 0.2) is 16.6 Å². The number of alkyl halides is 2. The molecule has 0 amide bonds. The molecule has 1 aromatic rings. The molecule has 0 unspecified atom stereocenters. The molecule has 0 aliphatic carbocycles. The highest BCUT2D eigenvalue weighted by atomic mass is 79.9. The van der Waals surface area contributed by atoms with Crippen molar-refractivity contribution in [1.29, 1.82) is 0 Å². The molecule has 0 radical (unpaired) electrons. The molecular weight excluding hydrogens is 272 g/mol. The van der Waals surface area contributed by atoms with E-state index in [1.54, 1.807) is 0 Å². The zero-order valence-electron chi connectivity index (χ0n) is 7.76. The van der Waals surface area contributed by atoms with Gasteiger partial charge in [0.1, 0.15) is 5.75 Å². The first-order valence-electron chi connectivity index (χ1n) is 3.97. The van der Waals surface area contributed by atoms with Gasteiger partial charge in [0.15, 0.2) is 5.78 Å². The van der Waals surface area contributed by atoms with Gasteiger partial charge in [-0.15, -0.1) is 0 Å². The van der Waals surface area contributed by atoms with Gasteiger partial charge in [0.2, 0.25) is 0 Å². The quantitative estimate of drug-likeness (QED) is 0.684. The van der Waals surface area contributed by atoms with E-state index >= 15 is 0 Å². The number of Topliss-reactive ketones (excluding diaryl/α,β-unsaturated/α-hetero) is 1. The maximum absolute atomic E-state index is 11.9. The highest BCUT2D eigenvalue weighted by Crippen LogP contribution is 2.33. The predicted octanol–water partition coefficient (Wildman–Crippen LogP) is 2.84. The Balaban J connectivity index is 3.15.